The molecule has 4 aliphatic rings. The molecule has 4 bridgehead atoms. The largest absolute Gasteiger partial charge is 0.392 e. The topological polar surface area (TPSA) is 20.2 Å². The summed E-state index contributed by atoms with van der Waals surface area (Å²) in [7, 11) is 0. The second-order valence-corrected chi connectivity index (χ2v) is 7.37. The van der Waals surface area contributed by atoms with Crippen molar-refractivity contribution in [2.24, 2.45) is 29.6 Å². The maximum absolute atomic E-state index is 13.8. The summed E-state index contributed by atoms with van der Waals surface area (Å²) >= 11 is 0. The number of aliphatic hydroxyl groups excluding tert-OH is 1. The minimum Gasteiger partial charge on any atom is -0.392 e. The monoisotopic (exact) mass is 274 g/mol. The zero-order valence-corrected chi connectivity index (χ0v) is 11.8. The van der Waals surface area contributed by atoms with Crippen LogP contribution in [0.2, 0.25) is 0 Å². The predicted octanol–water partition coefficient (Wildman–Crippen LogP) is 3.80. The quantitative estimate of drug-likeness (QED) is 0.889. The van der Waals surface area contributed by atoms with Crippen molar-refractivity contribution < 1.29 is 9.50 Å². The van der Waals surface area contributed by atoms with Crippen LogP contribution in [0.1, 0.15) is 37.7 Å². The van der Waals surface area contributed by atoms with E-state index in [4.69, 9.17) is 0 Å². The Morgan fingerprint density at radius 1 is 1.00 bits per heavy atom. The average Bonchev–Trinajstić information content (AvgIpc) is 2.40. The van der Waals surface area contributed by atoms with Crippen molar-refractivity contribution in [3.05, 3.63) is 35.6 Å². The van der Waals surface area contributed by atoms with Crippen LogP contribution in [0.25, 0.3) is 0 Å². The molecular formula is C18H23FO. The molecule has 0 radical (unpaired) electrons. The number of hydrogen-bond acceptors (Lipinski definition) is 1. The van der Waals surface area contributed by atoms with E-state index in [0.29, 0.717) is 29.7 Å². The summed E-state index contributed by atoms with van der Waals surface area (Å²) in [6.07, 6.45) is 6.81. The van der Waals surface area contributed by atoms with Crippen molar-refractivity contribution in [3.63, 3.8) is 0 Å². The molecule has 0 saturated heterocycles. The smallest absolute Gasteiger partial charge is 0.126 e. The van der Waals surface area contributed by atoms with E-state index in [0.717, 1.165) is 11.8 Å². The first-order valence-corrected chi connectivity index (χ1v) is 8.12. The summed E-state index contributed by atoms with van der Waals surface area (Å²) in [5.74, 6) is 3.50. The second-order valence-electron chi connectivity index (χ2n) is 7.37. The van der Waals surface area contributed by atoms with E-state index < -0.39 is 0 Å². The minimum atomic E-state index is -0.359. The van der Waals surface area contributed by atoms with Gasteiger partial charge in [0, 0.05) is 6.42 Å². The molecule has 4 fully saturated rings. The molecule has 108 valence electrons. The molecule has 0 amide bonds. The van der Waals surface area contributed by atoms with Gasteiger partial charge in [0.2, 0.25) is 0 Å². The molecule has 0 heterocycles. The van der Waals surface area contributed by atoms with Crippen LogP contribution in [0.5, 0.6) is 0 Å². The van der Waals surface area contributed by atoms with E-state index in [1.54, 1.807) is 6.07 Å². The Morgan fingerprint density at radius 2 is 1.60 bits per heavy atom. The number of aliphatic hydroxyl groups is 1. The normalized spacial score (nSPS) is 40.0. The van der Waals surface area contributed by atoms with Crippen LogP contribution >= 0.6 is 0 Å². The van der Waals surface area contributed by atoms with Gasteiger partial charge in [-0.3, -0.25) is 0 Å². The van der Waals surface area contributed by atoms with Gasteiger partial charge in [-0.1, -0.05) is 18.2 Å². The Morgan fingerprint density at radius 3 is 2.20 bits per heavy atom. The summed E-state index contributed by atoms with van der Waals surface area (Å²) in [6.45, 7) is 0. The summed E-state index contributed by atoms with van der Waals surface area (Å²) < 4.78 is 13.8. The first-order valence-electron chi connectivity index (χ1n) is 8.12. The molecule has 0 aliphatic heterocycles. The van der Waals surface area contributed by atoms with Gasteiger partial charge in [0.15, 0.2) is 0 Å². The summed E-state index contributed by atoms with van der Waals surface area (Å²) in [4.78, 5) is 0. The SMILES string of the molecule is OC(Cc1ccccc1F)C1C2CC3CC(C2)CC1C3. The summed E-state index contributed by atoms with van der Waals surface area (Å²) in [5.41, 5.74) is 0.675. The first-order chi connectivity index (χ1) is 9.70. The van der Waals surface area contributed by atoms with Crippen LogP contribution in [0.3, 0.4) is 0 Å². The highest BCUT2D eigenvalue weighted by Gasteiger charge is 2.50. The van der Waals surface area contributed by atoms with Gasteiger partial charge in [-0.05, 0) is 73.3 Å². The van der Waals surface area contributed by atoms with Crippen molar-refractivity contribution in [2.45, 2.75) is 44.6 Å². The molecule has 5 rings (SSSR count). The molecule has 1 aromatic carbocycles. The van der Waals surface area contributed by atoms with Gasteiger partial charge in [0.05, 0.1) is 6.10 Å². The molecule has 20 heavy (non-hydrogen) atoms. The zero-order valence-electron chi connectivity index (χ0n) is 11.8. The van der Waals surface area contributed by atoms with Crippen LogP contribution < -0.4 is 0 Å². The lowest BCUT2D eigenvalue weighted by Gasteiger charge is -2.55. The Balaban J connectivity index is 1.51. The van der Waals surface area contributed by atoms with E-state index >= 15 is 0 Å². The molecule has 1 unspecified atom stereocenters. The van der Waals surface area contributed by atoms with Gasteiger partial charge in [-0.15, -0.1) is 0 Å². The number of benzene rings is 1. The van der Waals surface area contributed by atoms with E-state index in [1.165, 1.54) is 38.2 Å². The van der Waals surface area contributed by atoms with Crippen LogP contribution in [-0.2, 0) is 6.42 Å². The van der Waals surface area contributed by atoms with Crippen LogP contribution in [0, 0.1) is 35.4 Å². The highest BCUT2D eigenvalue weighted by molar-refractivity contribution is 5.18. The predicted molar refractivity (Wildman–Crippen MR) is 76.6 cm³/mol. The maximum atomic E-state index is 13.8. The second kappa shape index (κ2) is 4.84. The van der Waals surface area contributed by atoms with Crippen molar-refractivity contribution in [1.82, 2.24) is 0 Å². The van der Waals surface area contributed by atoms with Crippen molar-refractivity contribution in [3.8, 4) is 0 Å². The summed E-state index contributed by atoms with van der Waals surface area (Å²) in [6, 6.07) is 6.89. The molecular weight excluding hydrogens is 251 g/mol. The highest BCUT2D eigenvalue weighted by Crippen LogP contribution is 2.57. The van der Waals surface area contributed by atoms with E-state index in [-0.39, 0.29) is 11.9 Å². The van der Waals surface area contributed by atoms with Gasteiger partial charge in [-0.25, -0.2) is 4.39 Å². The third-order valence-electron chi connectivity index (χ3n) is 6.13. The molecule has 4 aliphatic carbocycles. The van der Waals surface area contributed by atoms with Crippen LogP contribution in [-0.4, -0.2) is 11.2 Å². The Labute approximate surface area is 120 Å². The number of rotatable bonds is 3. The fraction of sp³-hybridized carbons (Fsp3) is 0.667. The Bertz CT molecular complexity index is 470. The van der Waals surface area contributed by atoms with Gasteiger partial charge in [0.25, 0.3) is 0 Å². The van der Waals surface area contributed by atoms with E-state index in [9.17, 15) is 9.50 Å². The van der Waals surface area contributed by atoms with Gasteiger partial charge >= 0.3 is 0 Å². The molecule has 1 aromatic rings. The standard InChI is InChI=1S/C18H23FO/c19-16-4-2-1-3-13(16)10-17(20)18-14-6-11-5-12(8-14)9-15(18)7-11/h1-4,11-12,14-15,17-18,20H,5-10H2. The Hall–Kier alpha value is -0.890. The molecule has 1 nitrogen and oxygen atoms in total. The highest BCUT2D eigenvalue weighted by atomic mass is 19.1. The third-order valence-corrected chi connectivity index (χ3v) is 6.13. The van der Waals surface area contributed by atoms with Crippen LogP contribution in [0.15, 0.2) is 24.3 Å². The lowest BCUT2D eigenvalue weighted by Crippen LogP contribution is -2.49. The van der Waals surface area contributed by atoms with Gasteiger partial charge in [-0.2, -0.15) is 0 Å². The third kappa shape index (κ3) is 2.09. The average molecular weight is 274 g/mol. The number of halogens is 1. The van der Waals surface area contributed by atoms with Crippen molar-refractivity contribution >= 4 is 0 Å². The van der Waals surface area contributed by atoms with Gasteiger partial charge in [0.1, 0.15) is 5.82 Å². The molecule has 0 aromatic heterocycles. The Kier molecular flexibility index (Phi) is 3.10. The van der Waals surface area contributed by atoms with Gasteiger partial charge < -0.3 is 5.11 Å². The first kappa shape index (κ1) is 12.8. The fourth-order valence-corrected chi connectivity index (χ4v) is 5.62. The van der Waals surface area contributed by atoms with Crippen molar-refractivity contribution in [2.75, 3.05) is 0 Å². The lowest BCUT2D eigenvalue weighted by molar-refractivity contribution is -0.0889. The molecule has 2 heteroatoms. The molecule has 1 atom stereocenters. The zero-order chi connectivity index (χ0) is 13.7. The molecule has 1 N–H and O–H groups in total. The summed E-state index contributed by atoms with van der Waals surface area (Å²) in [5, 5.41) is 10.7. The van der Waals surface area contributed by atoms with E-state index in [2.05, 4.69) is 0 Å². The maximum Gasteiger partial charge on any atom is 0.126 e. The fourth-order valence-electron chi connectivity index (χ4n) is 5.62. The minimum absolute atomic E-state index is 0.171. The van der Waals surface area contributed by atoms with E-state index in [1.807, 2.05) is 12.1 Å². The molecule has 0 spiro atoms. The lowest BCUT2D eigenvalue weighted by atomic mass is 9.50. The van der Waals surface area contributed by atoms with Crippen LogP contribution in [0.4, 0.5) is 4.39 Å². The molecule has 4 saturated carbocycles. The number of hydrogen-bond donors (Lipinski definition) is 1. The van der Waals surface area contributed by atoms with Crippen molar-refractivity contribution in [1.29, 1.82) is 0 Å².